The third-order valence-electron chi connectivity index (χ3n) is 3.16. The van der Waals surface area contributed by atoms with Crippen LogP contribution in [0.4, 0.5) is 0 Å². The first-order chi connectivity index (χ1) is 9.99. The molecule has 0 aliphatic carbocycles. The third-order valence-corrected chi connectivity index (χ3v) is 3.16. The van der Waals surface area contributed by atoms with Gasteiger partial charge in [0.1, 0.15) is 5.75 Å². The van der Waals surface area contributed by atoms with Gasteiger partial charge in [0, 0.05) is 17.0 Å². The number of rotatable bonds is 5. The molecular weight excluding hydrogens is 266 g/mol. The summed E-state index contributed by atoms with van der Waals surface area (Å²) in [6, 6.07) is 11.6. The third kappa shape index (κ3) is 3.73. The lowest BCUT2D eigenvalue weighted by molar-refractivity contribution is -0.123. The van der Waals surface area contributed by atoms with Gasteiger partial charge in [-0.15, -0.1) is 0 Å². The summed E-state index contributed by atoms with van der Waals surface area (Å²) in [6.07, 6.45) is -0.655. The first-order valence-electron chi connectivity index (χ1n) is 7.11. The molecule has 0 bridgehead atoms. The molecule has 0 saturated carbocycles. The minimum Gasteiger partial charge on any atom is -0.483 e. The van der Waals surface area contributed by atoms with Crippen LogP contribution in [0.5, 0.6) is 5.75 Å². The lowest BCUT2D eigenvalue weighted by Gasteiger charge is -2.16. The predicted molar refractivity (Wildman–Crippen MR) is 83.4 cm³/mol. The van der Waals surface area contributed by atoms with Crippen LogP contribution in [-0.2, 0) is 4.79 Å². The second-order valence-electron chi connectivity index (χ2n) is 5.39. The average molecular weight is 287 g/mol. The van der Waals surface area contributed by atoms with Gasteiger partial charge in [-0.2, -0.15) is 0 Å². The Labute approximate surface area is 124 Å². The van der Waals surface area contributed by atoms with Crippen molar-refractivity contribution in [3.8, 4) is 5.75 Å². The second kappa shape index (κ2) is 6.59. The molecule has 1 atom stereocenters. The standard InChI is InChI=1S/C17H21NO3/c1-11(2)18-16(20)10-21-17-14(12(3)19)9-8-13-6-4-5-7-15(13)17/h4-9,11-12,19H,10H2,1-3H3,(H,18,20)/t12-/m0/s1. The van der Waals surface area contributed by atoms with Gasteiger partial charge in [-0.25, -0.2) is 0 Å². The Bertz CT molecular complexity index is 635. The molecule has 0 aliphatic heterocycles. The monoisotopic (exact) mass is 287 g/mol. The van der Waals surface area contributed by atoms with Crippen LogP contribution in [0, 0.1) is 0 Å². The molecule has 0 spiro atoms. The fourth-order valence-electron chi connectivity index (χ4n) is 2.25. The Morgan fingerprint density at radius 1 is 1.19 bits per heavy atom. The van der Waals surface area contributed by atoms with E-state index in [1.165, 1.54) is 0 Å². The van der Waals surface area contributed by atoms with E-state index in [1.807, 2.05) is 50.2 Å². The number of amides is 1. The fraction of sp³-hybridized carbons (Fsp3) is 0.353. The van der Waals surface area contributed by atoms with Gasteiger partial charge in [0.05, 0.1) is 6.10 Å². The number of benzene rings is 2. The molecule has 2 aromatic carbocycles. The average Bonchev–Trinajstić information content (AvgIpc) is 2.43. The Morgan fingerprint density at radius 2 is 1.90 bits per heavy atom. The van der Waals surface area contributed by atoms with E-state index < -0.39 is 6.10 Å². The molecule has 0 radical (unpaired) electrons. The number of fused-ring (bicyclic) bond motifs is 1. The van der Waals surface area contributed by atoms with Crippen LogP contribution in [0.3, 0.4) is 0 Å². The van der Waals surface area contributed by atoms with E-state index in [2.05, 4.69) is 5.32 Å². The van der Waals surface area contributed by atoms with Gasteiger partial charge in [-0.05, 0) is 26.2 Å². The molecule has 2 rings (SSSR count). The van der Waals surface area contributed by atoms with Crippen molar-refractivity contribution in [2.24, 2.45) is 0 Å². The van der Waals surface area contributed by atoms with E-state index in [4.69, 9.17) is 4.74 Å². The summed E-state index contributed by atoms with van der Waals surface area (Å²) >= 11 is 0. The number of hydrogen-bond acceptors (Lipinski definition) is 3. The first-order valence-corrected chi connectivity index (χ1v) is 7.11. The predicted octanol–water partition coefficient (Wildman–Crippen LogP) is 2.80. The number of carbonyl (C=O) groups excluding carboxylic acids is 1. The van der Waals surface area contributed by atoms with E-state index in [9.17, 15) is 9.90 Å². The molecule has 2 N–H and O–H groups in total. The highest BCUT2D eigenvalue weighted by Crippen LogP contribution is 2.33. The Hall–Kier alpha value is -2.07. The number of aliphatic hydroxyl groups excluding tert-OH is 1. The molecule has 1 amide bonds. The molecule has 4 heteroatoms. The quantitative estimate of drug-likeness (QED) is 0.889. The Kier molecular flexibility index (Phi) is 4.81. The zero-order chi connectivity index (χ0) is 15.4. The molecule has 21 heavy (non-hydrogen) atoms. The highest BCUT2D eigenvalue weighted by atomic mass is 16.5. The minimum absolute atomic E-state index is 0.0636. The van der Waals surface area contributed by atoms with E-state index in [0.29, 0.717) is 11.3 Å². The largest absolute Gasteiger partial charge is 0.483 e. The molecule has 0 saturated heterocycles. The van der Waals surface area contributed by atoms with Gasteiger partial charge in [-0.3, -0.25) is 4.79 Å². The summed E-state index contributed by atoms with van der Waals surface area (Å²) < 4.78 is 5.70. The van der Waals surface area contributed by atoms with Gasteiger partial charge in [0.2, 0.25) is 0 Å². The zero-order valence-corrected chi connectivity index (χ0v) is 12.6. The van der Waals surface area contributed by atoms with E-state index >= 15 is 0 Å². The van der Waals surface area contributed by atoms with E-state index in [-0.39, 0.29) is 18.6 Å². The maximum atomic E-state index is 11.7. The smallest absolute Gasteiger partial charge is 0.258 e. The SMILES string of the molecule is CC(C)NC(=O)COc1c([C@H](C)O)ccc2ccccc12. The summed E-state index contributed by atoms with van der Waals surface area (Å²) in [4.78, 5) is 11.7. The topological polar surface area (TPSA) is 58.6 Å². The molecule has 2 aromatic rings. The van der Waals surface area contributed by atoms with Crippen LogP contribution in [0.25, 0.3) is 10.8 Å². The van der Waals surface area contributed by atoms with Crippen molar-refractivity contribution in [2.45, 2.75) is 32.9 Å². The molecule has 0 heterocycles. The minimum atomic E-state index is -0.655. The van der Waals surface area contributed by atoms with Crippen molar-refractivity contribution in [2.75, 3.05) is 6.61 Å². The molecular formula is C17H21NO3. The molecule has 0 fully saturated rings. The summed E-state index contributed by atoms with van der Waals surface area (Å²) in [5, 5.41) is 14.6. The van der Waals surface area contributed by atoms with Crippen molar-refractivity contribution in [3.05, 3.63) is 42.0 Å². The lowest BCUT2D eigenvalue weighted by Crippen LogP contribution is -2.34. The normalized spacial score (nSPS) is 12.4. The van der Waals surface area contributed by atoms with Crippen LogP contribution >= 0.6 is 0 Å². The van der Waals surface area contributed by atoms with Crippen molar-refractivity contribution in [3.63, 3.8) is 0 Å². The Balaban J connectivity index is 2.31. The van der Waals surface area contributed by atoms with Gasteiger partial charge in [-0.1, -0.05) is 36.4 Å². The summed E-state index contributed by atoms with van der Waals surface area (Å²) in [6.45, 7) is 5.42. The molecule has 4 nitrogen and oxygen atoms in total. The summed E-state index contributed by atoms with van der Waals surface area (Å²) in [5.74, 6) is 0.400. The number of aliphatic hydroxyl groups is 1. The molecule has 0 aromatic heterocycles. The summed E-state index contributed by atoms with van der Waals surface area (Å²) in [5.41, 5.74) is 0.686. The lowest BCUT2D eigenvalue weighted by atomic mass is 10.0. The highest BCUT2D eigenvalue weighted by Gasteiger charge is 2.14. The molecule has 112 valence electrons. The van der Waals surface area contributed by atoms with Gasteiger partial charge in [0.15, 0.2) is 6.61 Å². The number of ether oxygens (including phenoxy) is 1. The van der Waals surface area contributed by atoms with Gasteiger partial charge < -0.3 is 15.2 Å². The fourth-order valence-corrected chi connectivity index (χ4v) is 2.25. The first kappa shape index (κ1) is 15.3. The Morgan fingerprint density at radius 3 is 2.57 bits per heavy atom. The van der Waals surface area contributed by atoms with E-state index in [0.717, 1.165) is 10.8 Å². The summed E-state index contributed by atoms with van der Waals surface area (Å²) in [7, 11) is 0. The van der Waals surface area contributed by atoms with Crippen molar-refractivity contribution < 1.29 is 14.6 Å². The van der Waals surface area contributed by atoms with Crippen LogP contribution in [-0.4, -0.2) is 23.7 Å². The van der Waals surface area contributed by atoms with Gasteiger partial charge >= 0.3 is 0 Å². The van der Waals surface area contributed by atoms with Crippen molar-refractivity contribution >= 4 is 16.7 Å². The van der Waals surface area contributed by atoms with Crippen LogP contribution in [0.1, 0.15) is 32.4 Å². The van der Waals surface area contributed by atoms with Crippen LogP contribution in [0.15, 0.2) is 36.4 Å². The second-order valence-corrected chi connectivity index (χ2v) is 5.39. The zero-order valence-electron chi connectivity index (χ0n) is 12.6. The highest BCUT2D eigenvalue weighted by molar-refractivity contribution is 5.90. The van der Waals surface area contributed by atoms with E-state index in [1.54, 1.807) is 6.92 Å². The van der Waals surface area contributed by atoms with Crippen LogP contribution in [0.2, 0.25) is 0 Å². The number of nitrogens with one attached hydrogen (secondary N) is 1. The molecule has 0 unspecified atom stereocenters. The van der Waals surface area contributed by atoms with Crippen molar-refractivity contribution in [1.29, 1.82) is 0 Å². The van der Waals surface area contributed by atoms with Crippen LogP contribution < -0.4 is 10.1 Å². The number of hydrogen-bond donors (Lipinski definition) is 2. The van der Waals surface area contributed by atoms with Crippen molar-refractivity contribution in [1.82, 2.24) is 5.32 Å². The maximum absolute atomic E-state index is 11.7. The number of carbonyl (C=O) groups is 1. The van der Waals surface area contributed by atoms with Gasteiger partial charge in [0.25, 0.3) is 5.91 Å². The molecule has 0 aliphatic rings. The maximum Gasteiger partial charge on any atom is 0.258 e.